The highest BCUT2D eigenvalue weighted by molar-refractivity contribution is 7.99. The molecule has 1 amide bonds. The van der Waals surface area contributed by atoms with E-state index in [0.717, 1.165) is 10.6 Å². The number of carboxylic acid groups (broad SMARTS) is 1. The van der Waals surface area contributed by atoms with Crippen LogP contribution >= 0.6 is 23.4 Å². The van der Waals surface area contributed by atoms with Gasteiger partial charge in [-0.3, -0.25) is 9.59 Å². The standard InChI is InChI=1S/C14H18ClNO3S/c1-3-20-12-7-6-10(15)9-11(12)14(19)16(2)8-4-5-13(17)18/h6-7,9H,3-5,8H2,1-2H3,(H,17,18). The molecule has 20 heavy (non-hydrogen) atoms. The van der Waals surface area contributed by atoms with E-state index in [4.69, 9.17) is 16.7 Å². The van der Waals surface area contributed by atoms with Crippen molar-refractivity contribution in [1.82, 2.24) is 4.90 Å². The van der Waals surface area contributed by atoms with Crippen molar-refractivity contribution in [2.24, 2.45) is 0 Å². The van der Waals surface area contributed by atoms with Gasteiger partial charge in [-0.2, -0.15) is 0 Å². The fourth-order valence-corrected chi connectivity index (χ4v) is 2.67. The minimum absolute atomic E-state index is 0.0593. The van der Waals surface area contributed by atoms with E-state index in [1.54, 1.807) is 30.9 Å². The van der Waals surface area contributed by atoms with Crippen molar-refractivity contribution in [1.29, 1.82) is 0 Å². The Morgan fingerprint density at radius 2 is 2.10 bits per heavy atom. The number of carbonyl (C=O) groups excluding carboxylic acids is 1. The van der Waals surface area contributed by atoms with Crippen LogP contribution in [0.5, 0.6) is 0 Å². The summed E-state index contributed by atoms with van der Waals surface area (Å²) in [5.74, 6) is -0.116. The summed E-state index contributed by atoms with van der Waals surface area (Å²) in [6.07, 6.45) is 0.498. The molecule has 0 radical (unpaired) electrons. The van der Waals surface area contributed by atoms with Gasteiger partial charge in [0.25, 0.3) is 5.91 Å². The molecule has 4 nitrogen and oxygen atoms in total. The van der Waals surface area contributed by atoms with Gasteiger partial charge in [-0.15, -0.1) is 11.8 Å². The number of amides is 1. The molecule has 6 heteroatoms. The van der Waals surface area contributed by atoms with E-state index in [1.807, 2.05) is 13.0 Å². The van der Waals surface area contributed by atoms with Gasteiger partial charge in [-0.05, 0) is 30.4 Å². The van der Waals surface area contributed by atoms with E-state index in [0.29, 0.717) is 23.6 Å². The van der Waals surface area contributed by atoms with Crippen LogP contribution < -0.4 is 0 Å². The summed E-state index contributed by atoms with van der Waals surface area (Å²) >= 11 is 7.54. The van der Waals surface area contributed by atoms with Crippen LogP contribution in [-0.4, -0.2) is 41.2 Å². The monoisotopic (exact) mass is 315 g/mol. The van der Waals surface area contributed by atoms with Crippen molar-refractivity contribution in [3.63, 3.8) is 0 Å². The Balaban J connectivity index is 2.79. The lowest BCUT2D eigenvalue weighted by atomic mass is 10.2. The number of hydrogen-bond acceptors (Lipinski definition) is 3. The zero-order valence-electron chi connectivity index (χ0n) is 11.6. The van der Waals surface area contributed by atoms with Crippen molar-refractivity contribution >= 4 is 35.2 Å². The largest absolute Gasteiger partial charge is 0.481 e. The molecule has 0 atom stereocenters. The van der Waals surface area contributed by atoms with Crippen LogP contribution in [0.3, 0.4) is 0 Å². The second kappa shape index (κ2) is 8.17. The number of benzene rings is 1. The summed E-state index contributed by atoms with van der Waals surface area (Å²) in [5, 5.41) is 9.13. The molecule has 0 aliphatic heterocycles. The molecule has 1 aromatic carbocycles. The molecule has 0 bridgehead atoms. The molecule has 0 aliphatic carbocycles. The molecule has 0 aromatic heterocycles. The molecular weight excluding hydrogens is 298 g/mol. The Morgan fingerprint density at radius 3 is 2.70 bits per heavy atom. The Bertz CT molecular complexity index is 493. The van der Waals surface area contributed by atoms with Gasteiger partial charge >= 0.3 is 5.97 Å². The second-order valence-corrected chi connectivity index (χ2v) is 6.04. The maximum absolute atomic E-state index is 12.4. The van der Waals surface area contributed by atoms with E-state index >= 15 is 0 Å². The molecule has 1 rings (SSSR count). The number of hydrogen-bond donors (Lipinski definition) is 1. The lowest BCUT2D eigenvalue weighted by Crippen LogP contribution is -2.28. The van der Waals surface area contributed by atoms with Crippen molar-refractivity contribution in [2.75, 3.05) is 19.3 Å². The summed E-state index contributed by atoms with van der Waals surface area (Å²) < 4.78 is 0. The molecular formula is C14H18ClNO3S. The Labute approximate surface area is 128 Å². The Hall–Kier alpha value is -1.20. The van der Waals surface area contributed by atoms with Gasteiger partial charge in [-0.1, -0.05) is 18.5 Å². The minimum Gasteiger partial charge on any atom is -0.481 e. The number of aliphatic carboxylic acids is 1. The highest BCUT2D eigenvalue weighted by Crippen LogP contribution is 2.26. The van der Waals surface area contributed by atoms with Crippen LogP contribution in [0.1, 0.15) is 30.1 Å². The summed E-state index contributed by atoms with van der Waals surface area (Å²) in [4.78, 5) is 25.3. The zero-order chi connectivity index (χ0) is 15.1. The van der Waals surface area contributed by atoms with Crippen LogP contribution in [0.2, 0.25) is 5.02 Å². The predicted molar refractivity (Wildman–Crippen MR) is 81.7 cm³/mol. The number of nitrogens with zero attached hydrogens (tertiary/aromatic N) is 1. The fraction of sp³-hybridized carbons (Fsp3) is 0.429. The van der Waals surface area contributed by atoms with Gasteiger partial charge in [0.05, 0.1) is 5.56 Å². The number of carboxylic acids is 1. The molecule has 1 N–H and O–H groups in total. The lowest BCUT2D eigenvalue weighted by Gasteiger charge is -2.18. The summed E-state index contributed by atoms with van der Waals surface area (Å²) in [5.41, 5.74) is 0.571. The highest BCUT2D eigenvalue weighted by Gasteiger charge is 2.16. The molecule has 1 aromatic rings. The molecule has 0 fully saturated rings. The molecule has 0 spiro atoms. The molecule has 110 valence electrons. The van der Waals surface area contributed by atoms with Crippen LogP contribution in [0, 0.1) is 0 Å². The smallest absolute Gasteiger partial charge is 0.303 e. The predicted octanol–water partition coefficient (Wildman–Crippen LogP) is 3.39. The SMILES string of the molecule is CCSc1ccc(Cl)cc1C(=O)N(C)CCCC(=O)O. The first-order chi connectivity index (χ1) is 9.45. The molecule has 0 saturated heterocycles. The summed E-state index contributed by atoms with van der Waals surface area (Å²) in [7, 11) is 1.67. The van der Waals surface area contributed by atoms with E-state index in [2.05, 4.69) is 0 Å². The van der Waals surface area contributed by atoms with Gasteiger partial charge in [0.1, 0.15) is 0 Å². The van der Waals surface area contributed by atoms with Gasteiger partial charge in [0, 0.05) is 29.9 Å². The van der Waals surface area contributed by atoms with Gasteiger partial charge in [0.15, 0.2) is 0 Å². The van der Waals surface area contributed by atoms with Crippen molar-refractivity contribution in [3.05, 3.63) is 28.8 Å². The van der Waals surface area contributed by atoms with E-state index in [1.165, 1.54) is 4.90 Å². The first-order valence-electron chi connectivity index (χ1n) is 6.35. The van der Waals surface area contributed by atoms with Crippen LogP contribution in [-0.2, 0) is 4.79 Å². The number of carbonyl (C=O) groups is 2. The summed E-state index contributed by atoms with van der Waals surface area (Å²) in [6, 6.07) is 5.27. The van der Waals surface area contributed by atoms with E-state index < -0.39 is 5.97 Å². The number of thioether (sulfide) groups is 1. The third-order valence-corrected chi connectivity index (χ3v) is 3.89. The molecule has 0 unspecified atom stereocenters. The maximum Gasteiger partial charge on any atom is 0.303 e. The summed E-state index contributed by atoms with van der Waals surface area (Å²) in [6.45, 7) is 2.43. The van der Waals surface area contributed by atoms with Crippen molar-refractivity contribution in [3.8, 4) is 0 Å². The number of rotatable bonds is 7. The van der Waals surface area contributed by atoms with Crippen molar-refractivity contribution in [2.45, 2.75) is 24.7 Å². The first kappa shape index (κ1) is 16.9. The van der Waals surface area contributed by atoms with Crippen LogP contribution in [0.25, 0.3) is 0 Å². The normalized spacial score (nSPS) is 10.3. The highest BCUT2D eigenvalue weighted by atomic mass is 35.5. The first-order valence-corrected chi connectivity index (χ1v) is 7.71. The van der Waals surface area contributed by atoms with Gasteiger partial charge < -0.3 is 10.0 Å². The zero-order valence-corrected chi connectivity index (χ0v) is 13.1. The minimum atomic E-state index is -0.851. The number of halogens is 1. The quantitative estimate of drug-likeness (QED) is 0.784. The molecule has 0 aliphatic rings. The second-order valence-electron chi connectivity index (χ2n) is 4.30. The third kappa shape index (κ3) is 5.06. The Morgan fingerprint density at radius 1 is 1.40 bits per heavy atom. The maximum atomic E-state index is 12.4. The van der Waals surface area contributed by atoms with E-state index in [-0.39, 0.29) is 12.3 Å². The van der Waals surface area contributed by atoms with E-state index in [9.17, 15) is 9.59 Å². The lowest BCUT2D eigenvalue weighted by molar-refractivity contribution is -0.137. The fourth-order valence-electron chi connectivity index (χ4n) is 1.73. The topological polar surface area (TPSA) is 57.6 Å². The third-order valence-electron chi connectivity index (χ3n) is 2.70. The van der Waals surface area contributed by atoms with Crippen LogP contribution in [0.15, 0.2) is 23.1 Å². The van der Waals surface area contributed by atoms with Gasteiger partial charge in [0.2, 0.25) is 0 Å². The van der Waals surface area contributed by atoms with Crippen LogP contribution in [0.4, 0.5) is 0 Å². The molecule has 0 heterocycles. The molecule has 0 saturated carbocycles. The Kier molecular flexibility index (Phi) is 6.88. The average Bonchev–Trinajstić information content (AvgIpc) is 2.39. The van der Waals surface area contributed by atoms with Crippen molar-refractivity contribution < 1.29 is 14.7 Å². The van der Waals surface area contributed by atoms with Gasteiger partial charge in [-0.25, -0.2) is 0 Å². The average molecular weight is 316 g/mol.